The Bertz CT molecular complexity index is 822. The molecule has 162 valence electrons. The normalized spacial score (nSPS) is 16.4. The lowest BCUT2D eigenvalue weighted by Gasteiger charge is -2.38. The molecule has 1 unspecified atom stereocenters. The number of piperidine rings is 1. The van der Waals surface area contributed by atoms with Gasteiger partial charge in [0, 0.05) is 35.6 Å². The van der Waals surface area contributed by atoms with Crippen LogP contribution < -0.4 is 10.6 Å². The maximum absolute atomic E-state index is 12.5. The highest BCUT2D eigenvalue weighted by atomic mass is 32.2. The van der Waals surface area contributed by atoms with Crippen LogP contribution in [0.5, 0.6) is 0 Å². The molecule has 6 nitrogen and oxygen atoms in total. The van der Waals surface area contributed by atoms with E-state index in [1.807, 2.05) is 25.1 Å². The Morgan fingerprint density at radius 2 is 1.93 bits per heavy atom. The van der Waals surface area contributed by atoms with Gasteiger partial charge in [0.05, 0.1) is 0 Å². The lowest BCUT2D eigenvalue weighted by atomic mass is 9.94. The van der Waals surface area contributed by atoms with Crippen LogP contribution in [0.4, 0.5) is 10.5 Å². The second kappa shape index (κ2) is 10.8. The zero-order chi connectivity index (χ0) is 21.5. The molecule has 0 spiro atoms. The minimum absolute atomic E-state index is 0.152. The molecule has 1 aromatic carbocycles. The highest BCUT2D eigenvalue weighted by Crippen LogP contribution is 2.28. The SMILES string of the molecule is Cc1cc(Sc2ncccn2)ccc1NC(=O)NCC(C(C)C)N1CCC(C)CC1. The predicted octanol–water partition coefficient (Wildman–Crippen LogP) is 4.81. The molecule has 0 aliphatic carbocycles. The fourth-order valence-corrected chi connectivity index (χ4v) is 4.60. The van der Waals surface area contributed by atoms with Crippen LogP contribution in [0.15, 0.2) is 46.7 Å². The highest BCUT2D eigenvalue weighted by molar-refractivity contribution is 7.99. The molecule has 7 heteroatoms. The van der Waals surface area contributed by atoms with Crippen molar-refractivity contribution in [3.05, 3.63) is 42.2 Å². The second-order valence-corrected chi connectivity index (χ2v) is 9.52. The zero-order valence-corrected chi connectivity index (χ0v) is 19.2. The Balaban J connectivity index is 1.53. The summed E-state index contributed by atoms with van der Waals surface area (Å²) in [5.74, 6) is 1.31. The summed E-state index contributed by atoms with van der Waals surface area (Å²) in [5, 5.41) is 6.79. The molecule has 1 atom stereocenters. The summed E-state index contributed by atoms with van der Waals surface area (Å²) >= 11 is 1.51. The number of benzene rings is 1. The van der Waals surface area contributed by atoms with Gasteiger partial charge in [0.25, 0.3) is 0 Å². The zero-order valence-electron chi connectivity index (χ0n) is 18.4. The van der Waals surface area contributed by atoms with E-state index in [2.05, 4.69) is 46.3 Å². The van der Waals surface area contributed by atoms with Crippen LogP contribution >= 0.6 is 11.8 Å². The lowest BCUT2D eigenvalue weighted by Crippen LogP contribution is -2.50. The van der Waals surface area contributed by atoms with E-state index in [4.69, 9.17) is 0 Å². The quantitative estimate of drug-likeness (QED) is 0.620. The smallest absolute Gasteiger partial charge is 0.319 e. The Hall–Kier alpha value is -2.12. The molecule has 1 aliphatic rings. The van der Waals surface area contributed by atoms with Gasteiger partial charge in [-0.25, -0.2) is 14.8 Å². The summed E-state index contributed by atoms with van der Waals surface area (Å²) in [6, 6.07) is 7.98. The molecule has 30 heavy (non-hydrogen) atoms. The van der Waals surface area contributed by atoms with E-state index in [9.17, 15) is 4.79 Å². The summed E-state index contributed by atoms with van der Waals surface area (Å²) in [5.41, 5.74) is 1.83. The van der Waals surface area contributed by atoms with Gasteiger partial charge in [-0.1, -0.05) is 20.8 Å². The van der Waals surface area contributed by atoms with Crippen molar-refractivity contribution in [2.24, 2.45) is 11.8 Å². The van der Waals surface area contributed by atoms with E-state index in [1.165, 1.54) is 24.6 Å². The minimum Gasteiger partial charge on any atom is -0.336 e. The maximum Gasteiger partial charge on any atom is 0.319 e. The van der Waals surface area contributed by atoms with Gasteiger partial charge in [-0.3, -0.25) is 4.90 Å². The van der Waals surface area contributed by atoms with Crippen molar-refractivity contribution in [3.63, 3.8) is 0 Å². The Kier molecular flexibility index (Phi) is 8.10. The van der Waals surface area contributed by atoms with Crippen LogP contribution in [0.2, 0.25) is 0 Å². The molecule has 1 fully saturated rings. The summed E-state index contributed by atoms with van der Waals surface area (Å²) < 4.78 is 0. The number of carbonyl (C=O) groups is 1. The molecule has 0 radical (unpaired) electrons. The van der Waals surface area contributed by atoms with Crippen LogP contribution in [0, 0.1) is 18.8 Å². The fraction of sp³-hybridized carbons (Fsp3) is 0.522. The number of amides is 2. The van der Waals surface area contributed by atoms with E-state index in [0.717, 1.165) is 35.2 Å². The Morgan fingerprint density at radius 3 is 2.57 bits per heavy atom. The third-order valence-electron chi connectivity index (χ3n) is 5.73. The average molecular weight is 428 g/mol. The first kappa shape index (κ1) is 22.6. The first-order chi connectivity index (χ1) is 14.4. The van der Waals surface area contributed by atoms with E-state index in [-0.39, 0.29) is 6.03 Å². The number of likely N-dealkylation sites (tertiary alicyclic amines) is 1. The molecule has 2 aromatic rings. The van der Waals surface area contributed by atoms with Gasteiger partial charge in [-0.05, 0) is 86.3 Å². The summed E-state index contributed by atoms with van der Waals surface area (Å²) in [6.45, 7) is 11.7. The number of hydrogen-bond acceptors (Lipinski definition) is 5. The third kappa shape index (κ3) is 6.44. The summed E-state index contributed by atoms with van der Waals surface area (Å²) in [7, 11) is 0. The van der Waals surface area contributed by atoms with Gasteiger partial charge in [0.2, 0.25) is 0 Å². The van der Waals surface area contributed by atoms with Crippen molar-refractivity contribution >= 4 is 23.5 Å². The van der Waals surface area contributed by atoms with E-state index < -0.39 is 0 Å². The average Bonchev–Trinajstić information content (AvgIpc) is 2.72. The summed E-state index contributed by atoms with van der Waals surface area (Å²) in [6.07, 6.45) is 5.95. The number of carbonyl (C=O) groups excluding carboxylic acids is 1. The van der Waals surface area contributed by atoms with Gasteiger partial charge in [-0.2, -0.15) is 0 Å². The standard InChI is InChI=1S/C23H33N5OS/c1-16(2)21(28-12-8-17(3)9-13-28)15-26-22(29)27-20-7-6-19(14-18(20)4)30-23-24-10-5-11-25-23/h5-7,10-11,14,16-17,21H,8-9,12-13,15H2,1-4H3,(H2,26,27,29). The van der Waals surface area contributed by atoms with Gasteiger partial charge in [0.15, 0.2) is 5.16 Å². The Morgan fingerprint density at radius 1 is 1.23 bits per heavy atom. The van der Waals surface area contributed by atoms with Crippen LogP contribution in [-0.2, 0) is 0 Å². The molecule has 2 heterocycles. The number of aromatic nitrogens is 2. The molecule has 3 rings (SSSR count). The first-order valence-electron chi connectivity index (χ1n) is 10.8. The maximum atomic E-state index is 12.5. The van der Waals surface area contributed by atoms with Crippen molar-refractivity contribution in [2.75, 3.05) is 25.0 Å². The molecular formula is C23H33N5OS. The number of nitrogens with one attached hydrogen (secondary N) is 2. The molecule has 1 aromatic heterocycles. The molecule has 0 saturated carbocycles. The van der Waals surface area contributed by atoms with Crippen LogP contribution in [-0.4, -0.2) is 46.6 Å². The molecule has 2 N–H and O–H groups in total. The van der Waals surface area contributed by atoms with Crippen LogP contribution in [0.25, 0.3) is 0 Å². The number of aryl methyl sites for hydroxylation is 1. The predicted molar refractivity (Wildman–Crippen MR) is 123 cm³/mol. The number of urea groups is 1. The lowest BCUT2D eigenvalue weighted by molar-refractivity contribution is 0.108. The topological polar surface area (TPSA) is 70.1 Å². The van der Waals surface area contributed by atoms with Gasteiger partial charge < -0.3 is 10.6 Å². The van der Waals surface area contributed by atoms with Crippen molar-refractivity contribution < 1.29 is 4.79 Å². The Labute approximate surface area is 184 Å². The monoisotopic (exact) mass is 427 g/mol. The fourth-order valence-electron chi connectivity index (χ4n) is 3.79. The first-order valence-corrected chi connectivity index (χ1v) is 11.6. The molecular weight excluding hydrogens is 394 g/mol. The van der Waals surface area contributed by atoms with E-state index in [1.54, 1.807) is 18.5 Å². The largest absolute Gasteiger partial charge is 0.336 e. The van der Waals surface area contributed by atoms with Crippen molar-refractivity contribution in [3.8, 4) is 0 Å². The molecule has 1 aliphatic heterocycles. The van der Waals surface area contributed by atoms with Crippen molar-refractivity contribution in [1.82, 2.24) is 20.2 Å². The minimum atomic E-state index is -0.152. The highest BCUT2D eigenvalue weighted by Gasteiger charge is 2.26. The van der Waals surface area contributed by atoms with Crippen molar-refractivity contribution in [2.45, 2.75) is 56.6 Å². The molecule has 2 amide bonds. The number of nitrogens with zero attached hydrogens (tertiary/aromatic N) is 3. The number of anilines is 1. The van der Waals surface area contributed by atoms with Crippen LogP contribution in [0.1, 0.15) is 39.2 Å². The van der Waals surface area contributed by atoms with Gasteiger partial charge >= 0.3 is 6.03 Å². The number of hydrogen-bond donors (Lipinski definition) is 2. The van der Waals surface area contributed by atoms with Crippen LogP contribution in [0.3, 0.4) is 0 Å². The second-order valence-electron chi connectivity index (χ2n) is 8.48. The third-order valence-corrected chi connectivity index (χ3v) is 6.61. The van der Waals surface area contributed by atoms with E-state index >= 15 is 0 Å². The van der Waals surface area contributed by atoms with Gasteiger partial charge in [-0.15, -0.1) is 0 Å². The summed E-state index contributed by atoms with van der Waals surface area (Å²) in [4.78, 5) is 24.6. The molecule has 1 saturated heterocycles. The van der Waals surface area contributed by atoms with E-state index in [0.29, 0.717) is 23.7 Å². The van der Waals surface area contributed by atoms with Gasteiger partial charge in [0.1, 0.15) is 0 Å². The number of rotatable bonds is 7. The van der Waals surface area contributed by atoms with Crippen molar-refractivity contribution in [1.29, 1.82) is 0 Å². The molecule has 0 bridgehead atoms.